The maximum atomic E-state index is 7.23. The number of fused-ring (bicyclic) bond motifs is 10. The van der Waals surface area contributed by atoms with E-state index < -0.39 is 0 Å². The van der Waals surface area contributed by atoms with Crippen LogP contribution in [0.15, 0.2) is 124 Å². The van der Waals surface area contributed by atoms with E-state index in [4.69, 9.17) is 15.1 Å². The van der Waals surface area contributed by atoms with Crippen LogP contribution in [-0.4, -0.2) is 10.5 Å². The summed E-state index contributed by atoms with van der Waals surface area (Å²) in [4.78, 5) is 5.39. The number of hydrogen-bond donors (Lipinski definition) is 1. The first kappa shape index (κ1) is 28.1. The van der Waals surface area contributed by atoms with E-state index in [1.54, 1.807) is 0 Å². The lowest BCUT2D eigenvalue weighted by atomic mass is 9.89. The molecule has 4 aromatic carbocycles. The van der Waals surface area contributed by atoms with Crippen LogP contribution in [0, 0.1) is 0 Å². The normalized spacial score (nSPS) is 15.8. The Kier molecular flexibility index (Phi) is 6.75. The summed E-state index contributed by atoms with van der Waals surface area (Å²) in [6.45, 7) is 2.24. The number of nitrogens with two attached hydrogens (primary N) is 1. The maximum absolute atomic E-state index is 7.23. The van der Waals surface area contributed by atoms with Gasteiger partial charge in [-0.15, -0.1) is 11.3 Å². The van der Waals surface area contributed by atoms with Crippen molar-refractivity contribution in [1.29, 1.82) is 0 Å². The SMILES string of the molecule is CCC(/C=C(\N=C(N)n1c2ccccc2c2ccc3c4ccccc4sc3c21)C1=Cc2c(oc3c2C=CCC3)CC1)c1ccccc1. The fourth-order valence-electron chi connectivity index (χ4n) is 7.58. The lowest BCUT2D eigenvalue weighted by Crippen LogP contribution is -2.22. The van der Waals surface area contributed by atoms with Crippen molar-refractivity contribution < 1.29 is 4.42 Å². The van der Waals surface area contributed by atoms with Crippen molar-refractivity contribution in [2.45, 2.75) is 44.9 Å². The fraction of sp³-hybridized carbons (Fsp3) is 0.167. The van der Waals surface area contributed by atoms with E-state index in [0.717, 1.165) is 60.4 Å². The van der Waals surface area contributed by atoms with E-state index in [9.17, 15) is 0 Å². The van der Waals surface area contributed by atoms with Gasteiger partial charge in [0.2, 0.25) is 5.96 Å². The molecule has 2 aliphatic rings. The second kappa shape index (κ2) is 11.3. The summed E-state index contributed by atoms with van der Waals surface area (Å²) in [6.07, 6.45) is 13.8. The van der Waals surface area contributed by atoms with Gasteiger partial charge < -0.3 is 10.2 Å². The van der Waals surface area contributed by atoms with E-state index in [1.807, 2.05) is 11.3 Å². The largest absolute Gasteiger partial charge is 0.465 e. The number of benzene rings is 4. The van der Waals surface area contributed by atoms with E-state index in [0.29, 0.717) is 5.96 Å². The number of aliphatic imine (C=N–C) groups is 1. The minimum atomic E-state index is 0.204. The average Bonchev–Trinajstić information content (AvgIpc) is 3.79. The Balaban J connectivity index is 1.28. The van der Waals surface area contributed by atoms with Gasteiger partial charge in [-0.25, -0.2) is 4.99 Å². The number of furan rings is 1. The molecule has 0 aliphatic heterocycles. The Morgan fingerprint density at radius 2 is 1.62 bits per heavy atom. The quantitative estimate of drug-likeness (QED) is 0.152. The van der Waals surface area contributed by atoms with Gasteiger partial charge in [0, 0.05) is 56.1 Å². The van der Waals surface area contributed by atoms with Crippen LogP contribution in [0.5, 0.6) is 0 Å². The highest BCUT2D eigenvalue weighted by atomic mass is 32.1. The molecule has 3 heterocycles. The first-order chi connectivity index (χ1) is 23.2. The highest BCUT2D eigenvalue weighted by Crippen LogP contribution is 2.42. The molecule has 0 radical (unpaired) electrons. The van der Waals surface area contributed by atoms with Crippen LogP contribution >= 0.6 is 11.3 Å². The number of allylic oxidation sites excluding steroid dienone is 3. The zero-order chi connectivity index (χ0) is 31.5. The van der Waals surface area contributed by atoms with Gasteiger partial charge in [-0.2, -0.15) is 0 Å². The summed E-state index contributed by atoms with van der Waals surface area (Å²) >= 11 is 1.83. The molecule has 0 bridgehead atoms. The van der Waals surface area contributed by atoms with E-state index in [1.165, 1.54) is 53.2 Å². The van der Waals surface area contributed by atoms with Gasteiger partial charge in [-0.05, 0) is 48.6 Å². The Bertz CT molecular complexity index is 2470. The standard InChI is InChI=1S/C42H35N3OS/c1-2-26(27-12-4-3-5-13-27)25-35(28-20-23-38-34(24-28)30-15-7-10-18-37(30)46-38)44-42(43)45-36-17-9-6-14-29(36)32-21-22-33-31-16-8-11-19-39(31)47-41(33)40(32)45/h3-9,11-17,19,21-22,24-26H,2,10,18,20,23H2,1H3,(H2,43,44)/b35-25-. The van der Waals surface area contributed by atoms with Crippen molar-refractivity contribution in [2.24, 2.45) is 10.7 Å². The lowest BCUT2D eigenvalue weighted by molar-refractivity contribution is 0.461. The summed E-state index contributed by atoms with van der Waals surface area (Å²) < 4.78 is 11.1. The van der Waals surface area contributed by atoms with Gasteiger partial charge in [0.1, 0.15) is 11.5 Å². The molecule has 0 saturated heterocycles. The van der Waals surface area contributed by atoms with E-state index >= 15 is 0 Å². The minimum absolute atomic E-state index is 0.204. The molecule has 3 aromatic heterocycles. The second-order valence-electron chi connectivity index (χ2n) is 12.6. The zero-order valence-corrected chi connectivity index (χ0v) is 27.2. The molecule has 2 N–H and O–H groups in total. The van der Waals surface area contributed by atoms with Gasteiger partial charge in [0.15, 0.2) is 0 Å². The zero-order valence-electron chi connectivity index (χ0n) is 26.4. The van der Waals surface area contributed by atoms with Crippen LogP contribution in [0.25, 0.3) is 54.1 Å². The Hall–Kier alpha value is -5.13. The number of para-hydroxylation sites is 1. The molecule has 47 heavy (non-hydrogen) atoms. The lowest BCUT2D eigenvalue weighted by Gasteiger charge is -2.18. The Morgan fingerprint density at radius 3 is 2.49 bits per heavy atom. The smallest absolute Gasteiger partial charge is 0.205 e. The molecule has 0 saturated carbocycles. The van der Waals surface area contributed by atoms with Crippen molar-refractivity contribution in [2.75, 3.05) is 0 Å². The van der Waals surface area contributed by atoms with Crippen molar-refractivity contribution in [3.8, 4) is 0 Å². The summed E-state index contributed by atoms with van der Waals surface area (Å²) in [5, 5.41) is 4.90. The molecule has 0 fully saturated rings. The molecule has 4 nitrogen and oxygen atoms in total. The summed E-state index contributed by atoms with van der Waals surface area (Å²) in [7, 11) is 0. The number of hydrogen-bond acceptors (Lipinski definition) is 3. The Morgan fingerprint density at radius 1 is 0.851 bits per heavy atom. The Labute approximate surface area is 277 Å². The summed E-state index contributed by atoms with van der Waals surface area (Å²) in [5.41, 5.74) is 15.3. The summed E-state index contributed by atoms with van der Waals surface area (Å²) in [6, 6.07) is 32.5. The third kappa shape index (κ3) is 4.60. The van der Waals surface area contributed by atoms with Crippen LogP contribution in [0.2, 0.25) is 0 Å². The van der Waals surface area contributed by atoms with Gasteiger partial charge in [-0.1, -0.05) is 104 Å². The third-order valence-electron chi connectivity index (χ3n) is 9.90. The number of aryl methyl sites for hydroxylation is 2. The highest BCUT2D eigenvalue weighted by Gasteiger charge is 2.25. The topological polar surface area (TPSA) is 56.4 Å². The molecule has 1 unspecified atom stereocenters. The van der Waals surface area contributed by atoms with Crippen LogP contribution in [-0.2, 0) is 12.8 Å². The van der Waals surface area contributed by atoms with Crippen molar-refractivity contribution >= 4 is 71.4 Å². The first-order valence-electron chi connectivity index (χ1n) is 16.6. The molecule has 5 heteroatoms. The average molecular weight is 630 g/mol. The molecular weight excluding hydrogens is 595 g/mol. The summed E-state index contributed by atoms with van der Waals surface area (Å²) in [5.74, 6) is 2.88. The molecule has 2 aliphatic carbocycles. The van der Waals surface area contributed by atoms with Crippen molar-refractivity contribution in [3.05, 3.63) is 143 Å². The van der Waals surface area contributed by atoms with Gasteiger partial charge in [0.05, 0.1) is 21.4 Å². The number of thiophene rings is 1. The molecule has 7 aromatic rings. The molecule has 230 valence electrons. The number of rotatable bonds is 5. The first-order valence-corrected chi connectivity index (χ1v) is 17.5. The molecule has 1 atom stereocenters. The monoisotopic (exact) mass is 629 g/mol. The fourth-order valence-corrected chi connectivity index (χ4v) is 8.82. The van der Waals surface area contributed by atoms with Crippen LogP contribution < -0.4 is 5.73 Å². The van der Waals surface area contributed by atoms with Crippen molar-refractivity contribution in [3.63, 3.8) is 0 Å². The number of nitrogens with zero attached hydrogens (tertiary/aromatic N) is 2. The molecular formula is C42H35N3OS. The maximum Gasteiger partial charge on any atom is 0.205 e. The number of aromatic nitrogens is 1. The molecule has 0 spiro atoms. The predicted octanol–water partition coefficient (Wildman–Crippen LogP) is 11.0. The minimum Gasteiger partial charge on any atom is -0.465 e. The van der Waals surface area contributed by atoms with E-state index in [2.05, 4.69) is 127 Å². The molecule has 9 rings (SSSR count). The second-order valence-corrected chi connectivity index (χ2v) is 13.7. The van der Waals surface area contributed by atoms with Crippen LogP contribution in [0.3, 0.4) is 0 Å². The van der Waals surface area contributed by atoms with Crippen LogP contribution in [0.4, 0.5) is 0 Å². The van der Waals surface area contributed by atoms with E-state index in [-0.39, 0.29) is 5.92 Å². The predicted molar refractivity (Wildman–Crippen MR) is 199 cm³/mol. The van der Waals surface area contributed by atoms with Crippen molar-refractivity contribution in [1.82, 2.24) is 4.57 Å². The van der Waals surface area contributed by atoms with Gasteiger partial charge in [-0.3, -0.25) is 4.57 Å². The molecule has 0 amide bonds. The van der Waals surface area contributed by atoms with Gasteiger partial charge in [0.25, 0.3) is 0 Å². The van der Waals surface area contributed by atoms with Crippen LogP contribution in [0.1, 0.15) is 60.3 Å². The van der Waals surface area contributed by atoms with Gasteiger partial charge >= 0.3 is 0 Å². The highest BCUT2D eigenvalue weighted by molar-refractivity contribution is 7.26. The third-order valence-corrected chi connectivity index (χ3v) is 11.1.